The Bertz CT molecular complexity index is 1250. The Hall–Kier alpha value is -3.21. The van der Waals surface area contributed by atoms with Crippen LogP contribution < -0.4 is 5.32 Å². The molecule has 0 aliphatic rings. The van der Waals surface area contributed by atoms with E-state index in [0.717, 1.165) is 16.3 Å². The molecule has 2 aromatic heterocycles. The van der Waals surface area contributed by atoms with Crippen LogP contribution in [0.5, 0.6) is 0 Å². The van der Waals surface area contributed by atoms with Gasteiger partial charge in [0.15, 0.2) is 11.0 Å². The smallest absolute Gasteiger partial charge is 0.271 e. The lowest BCUT2D eigenvalue weighted by Gasteiger charge is -2.10. The molecule has 0 aliphatic heterocycles. The van der Waals surface area contributed by atoms with Gasteiger partial charge in [-0.3, -0.25) is 19.5 Å². The standard InChI is InChI=1S/C21H16ClN5O3S2/c22-16-11-15(27(29)30)8-9-17(16)23-19(28)13-32-21-25-24-20(18-7-4-10-31-18)26(21)12-14-5-2-1-3-6-14/h1-11H,12-13H2,(H,23,28). The zero-order valence-electron chi connectivity index (χ0n) is 16.5. The van der Waals surface area contributed by atoms with Gasteiger partial charge in [0.05, 0.1) is 32.8 Å². The van der Waals surface area contributed by atoms with Crippen LogP contribution in [0.1, 0.15) is 5.56 Å². The van der Waals surface area contributed by atoms with Crippen molar-refractivity contribution in [1.29, 1.82) is 0 Å². The SMILES string of the molecule is O=C(CSc1nnc(-c2cccs2)n1Cc1ccccc1)Nc1ccc([N+](=O)[O-])cc1Cl. The number of nitrogens with zero attached hydrogens (tertiary/aromatic N) is 4. The van der Waals surface area contributed by atoms with Crippen molar-refractivity contribution >= 4 is 52.0 Å². The zero-order chi connectivity index (χ0) is 22.5. The molecule has 0 fully saturated rings. The summed E-state index contributed by atoms with van der Waals surface area (Å²) in [6.45, 7) is 0.569. The van der Waals surface area contributed by atoms with Gasteiger partial charge in [-0.05, 0) is 23.1 Å². The summed E-state index contributed by atoms with van der Waals surface area (Å²) in [5.41, 5.74) is 1.26. The first kappa shape index (κ1) is 22.0. The van der Waals surface area contributed by atoms with Gasteiger partial charge in [-0.15, -0.1) is 21.5 Å². The highest BCUT2D eigenvalue weighted by Gasteiger charge is 2.17. The molecule has 4 rings (SSSR count). The summed E-state index contributed by atoms with van der Waals surface area (Å²) in [5, 5.41) is 24.9. The highest BCUT2D eigenvalue weighted by molar-refractivity contribution is 7.99. The number of hydrogen-bond donors (Lipinski definition) is 1. The third kappa shape index (κ3) is 5.16. The summed E-state index contributed by atoms with van der Waals surface area (Å²) in [7, 11) is 0. The van der Waals surface area contributed by atoms with Crippen molar-refractivity contribution in [3.05, 3.63) is 86.7 Å². The molecule has 8 nitrogen and oxygen atoms in total. The van der Waals surface area contributed by atoms with Gasteiger partial charge < -0.3 is 5.32 Å². The number of carbonyl (C=O) groups is 1. The molecule has 2 aromatic carbocycles. The summed E-state index contributed by atoms with van der Waals surface area (Å²) >= 11 is 8.89. The second-order valence-electron chi connectivity index (χ2n) is 6.61. The summed E-state index contributed by atoms with van der Waals surface area (Å²) < 4.78 is 1.98. The highest BCUT2D eigenvalue weighted by atomic mass is 35.5. The van der Waals surface area contributed by atoms with Crippen molar-refractivity contribution in [2.45, 2.75) is 11.7 Å². The van der Waals surface area contributed by atoms with E-state index in [1.807, 2.05) is 52.4 Å². The van der Waals surface area contributed by atoms with E-state index in [1.54, 1.807) is 11.3 Å². The molecule has 0 bridgehead atoms. The van der Waals surface area contributed by atoms with Gasteiger partial charge in [0.1, 0.15) is 0 Å². The molecule has 0 aliphatic carbocycles. The number of aromatic nitrogens is 3. The van der Waals surface area contributed by atoms with Gasteiger partial charge in [0, 0.05) is 12.1 Å². The van der Waals surface area contributed by atoms with Crippen LogP contribution in [0.15, 0.2) is 71.2 Å². The van der Waals surface area contributed by atoms with Crippen LogP contribution in [0, 0.1) is 10.1 Å². The average Bonchev–Trinajstić information content (AvgIpc) is 3.44. The number of nitro groups is 1. The van der Waals surface area contributed by atoms with Gasteiger partial charge in [0.25, 0.3) is 5.69 Å². The molecule has 162 valence electrons. The van der Waals surface area contributed by atoms with Crippen LogP contribution in [-0.4, -0.2) is 31.3 Å². The fraction of sp³-hybridized carbons (Fsp3) is 0.0952. The summed E-state index contributed by atoms with van der Waals surface area (Å²) in [6, 6.07) is 17.8. The van der Waals surface area contributed by atoms with Crippen molar-refractivity contribution in [3.63, 3.8) is 0 Å². The topological polar surface area (TPSA) is 103 Å². The van der Waals surface area contributed by atoms with Crippen molar-refractivity contribution in [3.8, 4) is 10.7 Å². The number of halogens is 1. The van der Waals surface area contributed by atoms with Crippen LogP contribution >= 0.6 is 34.7 Å². The number of hydrogen-bond acceptors (Lipinski definition) is 7. The fourth-order valence-electron chi connectivity index (χ4n) is 2.93. The lowest BCUT2D eigenvalue weighted by atomic mass is 10.2. The third-order valence-corrected chi connectivity index (χ3v) is 6.56. The minimum Gasteiger partial charge on any atom is -0.324 e. The first-order valence-electron chi connectivity index (χ1n) is 9.39. The van der Waals surface area contributed by atoms with Crippen molar-refractivity contribution in [1.82, 2.24) is 14.8 Å². The number of non-ortho nitro benzene ring substituents is 1. The number of amides is 1. The molecule has 1 amide bonds. The molecule has 4 aromatic rings. The van der Waals surface area contributed by atoms with E-state index in [9.17, 15) is 14.9 Å². The Balaban J connectivity index is 1.49. The highest BCUT2D eigenvalue weighted by Crippen LogP contribution is 2.29. The van der Waals surface area contributed by atoms with Gasteiger partial charge >= 0.3 is 0 Å². The molecule has 11 heteroatoms. The first-order chi connectivity index (χ1) is 15.5. The molecule has 0 spiro atoms. The van der Waals surface area contributed by atoms with Crippen molar-refractivity contribution < 1.29 is 9.72 Å². The van der Waals surface area contributed by atoms with Crippen molar-refractivity contribution in [2.24, 2.45) is 0 Å². The lowest BCUT2D eigenvalue weighted by molar-refractivity contribution is -0.384. The number of nitro benzene ring substituents is 1. The van der Waals surface area contributed by atoms with Gasteiger partial charge in [-0.25, -0.2) is 0 Å². The molecule has 0 saturated carbocycles. The van der Waals surface area contributed by atoms with E-state index < -0.39 is 4.92 Å². The monoisotopic (exact) mass is 485 g/mol. The van der Waals surface area contributed by atoms with E-state index in [2.05, 4.69) is 15.5 Å². The minimum absolute atomic E-state index is 0.0741. The summed E-state index contributed by atoms with van der Waals surface area (Å²) in [5.74, 6) is 0.507. The fourth-order valence-corrected chi connectivity index (χ4v) is 4.60. The number of nitrogens with one attached hydrogen (secondary N) is 1. The number of carbonyl (C=O) groups excluding carboxylic acids is 1. The number of thiophene rings is 1. The third-order valence-electron chi connectivity index (χ3n) is 4.41. The molecule has 1 N–H and O–H groups in total. The summed E-state index contributed by atoms with van der Waals surface area (Å²) in [6.07, 6.45) is 0. The largest absolute Gasteiger partial charge is 0.324 e. The van der Waals surface area contributed by atoms with Crippen molar-refractivity contribution in [2.75, 3.05) is 11.1 Å². The van der Waals surface area contributed by atoms with Gasteiger partial charge in [0.2, 0.25) is 5.91 Å². The van der Waals surface area contributed by atoms with E-state index in [1.165, 1.54) is 30.0 Å². The quantitative estimate of drug-likeness (QED) is 0.205. The van der Waals surface area contributed by atoms with Crippen LogP contribution in [0.4, 0.5) is 11.4 Å². The van der Waals surface area contributed by atoms with E-state index in [-0.39, 0.29) is 22.4 Å². The minimum atomic E-state index is -0.544. The molecule has 0 unspecified atom stereocenters. The van der Waals surface area contributed by atoms with Gasteiger partial charge in [-0.2, -0.15) is 0 Å². The Morgan fingerprint density at radius 2 is 1.97 bits per heavy atom. The van der Waals surface area contributed by atoms with Crippen LogP contribution in [0.3, 0.4) is 0 Å². The number of thioether (sulfide) groups is 1. The Morgan fingerprint density at radius 3 is 2.66 bits per heavy atom. The molecular weight excluding hydrogens is 470 g/mol. The second kappa shape index (κ2) is 9.94. The summed E-state index contributed by atoms with van der Waals surface area (Å²) in [4.78, 5) is 23.8. The van der Waals surface area contributed by atoms with Crippen LogP contribution in [0.25, 0.3) is 10.7 Å². The van der Waals surface area contributed by atoms with Crippen LogP contribution in [-0.2, 0) is 11.3 Å². The maximum atomic E-state index is 12.5. The Labute approximate surface area is 196 Å². The van der Waals surface area contributed by atoms with Crippen LogP contribution in [0.2, 0.25) is 5.02 Å². The molecule has 0 atom stereocenters. The first-order valence-corrected chi connectivity index (χ1v) is 11.6. The molecular formula is C21H16ClN5O3S2. The predicted octanol–water partition coefficient (Wildman–Crippen LogP) is 5.35. The Kier molecular flexibility index (Phi) is 6.84. The van der Waals surface area contributed by atoms with E-state index in [0.29, 0.717) is 17.4 Å². The number of benzene rings is 2. The number of anilines is 1. The van der Waals surface area contributed by atoms with E-state index >= 15 is 0 Å². The van der Waals surface area contributed by atoms with E-state index in [4.69, 9.17) is 11.6 Å². The molecule has 0 radical (unpaired) electrons. The molecule has 32 heavy (non-hydrogen) atoms. The second-order valence-corrected chi connectivity index (χ2v) is 8.91. The predicted molar refractivity (Wildman–Crippen MR) is 126 cm³/mol. The molecule has 0 saturated heterocycles. The normalized spacial score (nSPS) is 10.8. The zero-order valence-corrected chi connectivity index (χ0v) is 18.9. The Morgan fingerprint density at radius 1 is 1.16 bits per heavy atom. The molecule has 2 heterocycles. The number of rotatable bonds is 8. The lowest BCUT2D eigenvalue weighted by Crippen LogP contribution is -2.15. The average molecular weight is 486 g/mol. The van der Waals surface area contributed by atoms with Gasteiger partial charge in [-0.1, -0.05) is 59.8 Å². The maximum Gasteiger partial charge on any atom is 0.271 e. The maximum absolute atomic E-state index is 12.5.